The van der Waals surface area contributed by atoms with E-state index in [1.165, 1.54) is 13.3 Å². The fraction of sp³-hybridized carbons (Fsp3) is 0.0909. The minimum atomic E-state index is -0.764. The van der Waals surface area contributed by atoms with Gasteiger partial charge in [-0.05, 0) is 12.1 Å². The summed E-state index contributed by atoms with van der Waals surface area (Å²) in [7, 11) is 1.20. The molecule has 2 aromatic rings. The Bertz CT molecular complexity index is 590. The number of nitrogens with two attached hydrogens (primary N) is 1. The van der Waals surface area contributed by atoms with Crippen molar-refractivity contribution in [3.05, 3.63) is 41.6 Å². The van der Waals surface area contributed by atoms with Crippen molar-refractivity contribution >= 4 is 11.8 Å². The van der Waals surface area contributed by atoms with Crippen molar-refractivity contribution in [1.82, 2.24) is 9.78 Å². The maximum absolute atomic E-state index is 13.1. The van der Waals surface area contributed by atoms with Gasteiger partial charge < -0.3 is 10.5 Å². The van der Waals surface area contributed by atoms with E-state index < -0.39 is 17.6 Å². The molecule has 0 saturated heterocycles. The summed E-state index contributed by atoms with van der Waals surface area (Å²) in [6.07, 6.45) is 1.17. The lowest BCUT2D eigenvalue weighted by Crippen LogP contribution is -2.07. The number of methoxy groups -OCH3 is 1. The van der Waals surface area contributed by atoms with Crippen LogP contribution in [0.4, 0.5) is 14.6 Å². The number of hydrogen-bond donors (Lipinski definition) is 1. The smallest absolute Gasteiger partial charge is 0.343 e. The standard InChI is InChI=1S/C11H9F2N3O2/c1-18-11(17)9-5-15-16(10(9)14)8-3-6(12)2-7(13)4-8/h2-5H,14H2,1H3. The normalized spacial score (nSPS) is 10.4. The number of ether oxygens (including phenoxy) is 1. The summed E-state index contributed by atoms with van der Waals surface area (Å²) in [6.45, 7) is 0. The van der Waals surface area contributed by atoms with E-state index in [9.17, 15) is 13.6 Å². The van der Waals surface area contributed by atoms with E-state index in [-0.39, 0.29) is 17.1 Å². The zero-order valence-corrected chi connectivity index (χ0v) is 9.35. The molecule has 94 valence electrons. The van der Waals surface area contributed by atoms with E-state index in [0.717, 1.165) is 22.9 Å². The molecule has 0 aliphatic carbocycles. The van der Waals surface area contributed by atoms with Gasteiger partial charge in [0.2, 0.25) is 0 Å². The molecular weight excluding hydrogens is 244 g/mol. The number of carbonyl (C=O) groups excluding carboxylic acids is 1. The van der Waals surface area contributed by atoms with Crippen LogP contribution < -0.4 is 5.73 Å². The van der Waals surface area contributed by atoms with Gasteiger partial charge in [0, 0.05) is 6.07 Å². The highest BCUT2D eigenvalue weighted by Crippen LogP contribution is 2.19. The van der Waals surface area contributed by atoms with Gasteiger partial charge in [0.15, 0.2) is 0 Å². The Morgan fingerprint density at radius 2 is 1.94 bits per heavy atom. The van der Waals surface area contributed by atoms with Crippen LogP contribution in [0, 0.1) is 11.6 Å². The zero-order valence-electron chi connectivity index (χ0n) is 9.35. The number of anilines is 1. The predicted molar refractivity (Wildman–Crippen MR) is 59.2 cm³/mol. The van der Waals surface area contributed by atoms with Crippen molar-refractivity contribution in [2.24, 2.45) is 0 Å². The first-order valence-corrected chi connectivity index (χ1v) is 4.91. The Hall–Kier alpha value is -2.44. The van der Waals surface area contributed by atoms with Crippen molar-refractivity contribution in [3.63, 3.8) is 0 Å². The van der Waals surface area contributed by atoms with Crippen LogP contribution in [0.3, 0.4) is 0 Å². The SMILES string of the molecule is COC(=O)c1cnn(-c2cc(F)cc(F)c2)c1N. The number of benzene rings is 1. The second-order valence-electron chi connectivity index (χ2n) is 3.47. The lowest BCUT2D eigenvalue weighted by Gasteiger charge is -2.05. The first-order valence-electron chi connectivity index (χ1n) is 4.91. The molecule has 0 aliphatic rings. The van der Waals surface area contributed by atoms with E-state index in [4.69, 9.17) is 5.73 Å². The third kappa shape index (κ3) is 2.02. The lowest BCUT2D eigenvalue weighted by atomic mass is 10.3. The van der Waals surface area contributed by atoms with Gasteiger partial charge in [-0.2, -0.15) is 5.10 Å². The largest absolute Gasteiger partial charge is 0.465 e. The number of carbonyl (C=O) groups is 1. The molecule has 7 heteroatoms. The summed E-state index contributed by atoms with van der Waals surface area (Å²) >= 11 is 0. The topological polar surface area (TPSA) is 70.1 Å². The second-order valence-corrected chi connectivity index (χ2v) is 3.47. The molecule has 1 aromatic carbocycles. The van der Waals surface area contributed by atoms with E-state index in [2.05, 4.69) is 9.84 Å². The highest BCUT2D eigenvalue weighted by atomic mass is 19.1. The van der Waals surface area contributed by atoms with Crippen LogP contribution in [-0.2, 0) is 4.74 Å². The number of aromatic nitrogens is 2. The molecule has 1 aromatic heterocycles. The molecular formula is C11H9F2N3O2. The molecule has 1 heterocycles. The molecule has 0 atom stereocenters. The molecule has 0 bridgehead atoms. The fourth-order valence-corrected chi connectivity index (χ4v) is 1.49. The minimum absolute atomic E-state index is 0.0298. The molecule has 0 spiro atoms. The van der Waals surface area contributed by atoms with Crippen LogP contribution in [0.25, 0.3) is 5.69 Å². The Morgan fingerprint density at radius 1 is 1.33 bits per heavy atom. The molecule has 2 rings (SSSR count). The number of halogens is 2. The first-order chi connectivity index (χ1) is 8.52. The van der Waals surface area contributed by atoms with Crippen LogP contribution in [0.15, 0.2) is 24.4 Å². The molecule has 0 amide bonds. The molecule has 0 saturated carbocycles. The van der Waals surface area contributed by atoms with Crippen molar-refractivity contribution in [2.75, 3.05) is 12.8 Å². The van der Waals surface area contributed by atoms with Gasteiger partial charge in [0.05, 0.1) is 19.0 Å². The quantitative estimate of drug-likeness (QED) is 0.824. The van der Waals surface area contributed by atoms with Gasteiger partial charge in [-0.1, -0.05) is 0 Å². The van der Waals surface area contributed by atoms with E-state index in [1.54, 1.807) is 0 Å². The molecule has 0 unspecified atom stereocenters. The van der Waals surface area contributed by atoms with E-state index in [0.29, 0.717) is 0 Å². The van der Waals surface area contributed by atoms with Gasteiger partial charge >= 0.3 is 5.97 Å². The van der Waals surface area contributed by atoms with Crippen LogP contribution in [-0.4, -0.2) is 22.9 Å². The molecule has 0 fully saturated rings. The molecule has 2 N–H and O–H groups in total. The Labute approximate surface area is 101 Å². The lowest BCUT2D eigenvalue weighted by molar-refractivity contribution is 0.0602. The third-order valence-corrected chi connectivity index (χ3v) is 2.30. The number of esters is 1. The maximum Gasteiger partial charge on any atom is 0.343 e. The van der Waals surface area contributed by atoms with Crippen LogP contribution in [0.1, 0.15) is 10.4 Å². The summed E-state index contributed by atoms with van der Waals surface area (Å²) in [5, 5.41) is 3.79. The highest BCUT2D eigenvalue weighted by molar-refractivity contribution is 5.94. The van der Waals surface area contributed by atoms with Gasteiger partial charge in [-0.3, -0.25) is 0 Å². The zero-order chi connectivity index (χ0) is 13.3. The van der Waals surface area contributed by atoms with Crippen molar-refractivity contribution in [2.45, 2.75) is 0 Å². The highest BCUT2D eigenvalue weighted by Gasteiger charge is 2.17. The minimum Gasteiger partial charge on any atom is -0.465 e. The molecule has 0 radical (unpaired) electrons. The Morgan fingerprint density at radius 3 is 2.50 bits per heavy atom. The van der Waals surface area contributed by atoms with E-state index in [1.807, 2.05) is 0 Å². The van der Waals surface area contributed by atoms with Gasteiger partial charge in [0.1, 0.15) is 23.0 Å². The average molecular weight is 253 g/mol. The molecule has 18 heavy (non-hydrogen) atoms. The van der Waals surface area contributed by atoms with E-state index >= 15 is 0 Å². The summed E-state index contributed by atoms with van der Waals surface area (Å²) in [6, 6.07) is 2.82. The predicted octanol–water partition coefficient (Wildman–Crippen LogP) is 1.52. The Kier molecular flexibility index (Phi) is 2.97. The first kappa shape index (κ1) is 12.0. The molecule has 0 aliphatic heterocycles. The number of hydrogen-bond acceptors (Lipinski definition) is 4. The number of nitrogen functional groups attached to an aromatic ring is 1. The second kappa shape index (κ2) is 4.44. The van der Waals surface area contributed by atoms with Crippen LogP contribution in [0.2, 0.25) is 0 Å². The van der Waals surface area contributed by atoms with Crippen molar-refractivity contribution < 1.29 is 18.3 Å². The monoisotopic (exact) mass is 253 g/mol. The van der Waals surface area contributed by atoms with Gasteiger partial charge in [-0.15, -0.1) is 0 Å². The van der Waals surface area contributed by atoms with Crippen LogP contribution >= 0.6 is 0 Å². The van der Waals surface area contributed by atoms with Crippen molar-refractivity contribution in [1.29, 1.82) is 0 Å². The maximum atomic E-state index is 13.1. The number of rotatable bonds is 2. The van der Waals surface area contributed by atoms with Crippen LogP contribution in [0.5, 0.6) is 0 Å². The number of nitrogens with zero attached hydrogens (tertiary/aromatic N) is 2. The van der Waals surface area contributed by atoms with Crippen molar-refractivity contribution in [3.8, 4) is 5.69 Å². The van der Waals surface area contributed by atoms with Gasteiger partial charge in [0.25, 0.3) is 0 Å². The average Bonchev–Trinajstić information content (AvgIpc) is 2.69. The van der Waals surface area contributed by atoms with Gasteiger partial charge in [-0.25, -0.2) is 18.3 Å². The Balaban J connectivity index is 2.52. The third-order valence-electron chi connectivity index (χ3n) is 2.30. The summed E-state index contributed by atoms with van der Waals surface area (Å²) in [5.41, 5.74) is 5.78. The summed E-state index contributed by atoms with van der Waals surface area (Å²) in [4.78, 5) is 11.3. The summed E-state index contributed by atoms with van der Waals surface area (Å²) in [5.74, 6) is -2.25. The molecule has 5 nitrogen and oxygen atoms in total. The fourth-order valence-electron chi connectivity index (χ4n) is 1.49. The summed E-state index contributed by atoms with van der Waals surface area (Å²) < 4.78 is 31.7.